The number of fused-ring (bicyclic) bond motifs is 4. The van der Waals surface area contributed by atoms with Crippen LogP contribution in [0.3, 0.4) is 0 Å². The average molecular weight is 1270 g/mol. The molecule has 0 unspecified atom stereocenters. The van der Waals surface area contributed by atoms with E-state index in [0.29, 0.717) is 100.0 Å². The summed E-state index contributed by atoms with van der Waals surface area (Å²) in [5.41, 5.74) is 16.1. The first-order valence-corrected chi connectivity index (χ1v) is 32.9. The van der Waals surface area contributed by atoms with Crippen LogP contribution in [0.5, 0.6) is 0 Å². The van der Waals surface area contributed by atoms with Crippen molar-refractivity contribution < 1.29 is 38.4 Å². The van der Waals surface area contributed by atoms with Crippen molar-refractivity contribution >= 4 is 90.6 Å². The quantitative estimate of drug-likeness (QED) is 0.0143. The summed E-state index contributed by atoms with van der Waals surface area (Å²) in [7, 11) is 0. The summed E-state index contributed by atoms with van der Waals surface area (Å²) in [5, 5.41) is 23.1. The lowest BCUT2D eigenvalue weighted by Gasteiger charge is -2.30. The van der Waals surface area contributed by atoms with Gasteiger partial charge in [0.1, 0.15) is 36.3 Å². The molecule has 6 aromatic carbocycles. The number of hydrogen-bond acceptors (Lipinski definition) is 12. The molecule has 2 aliphatic rings. The number of pyridine rings is 2. The van der Waals surface area contributed by atoms with Crippen LogP contribution in [0.15, 0.2) is 158 Å². The highest BCUT2D eigenvalue weighted by Gasteiger charge is 2.41. The zero-order chi connectivity index (χ0) is 66.1. The lowest BCUT2D eigenvalue weighted by Crippen LogP contribution is -2.56. The lowest BCUT2D eigenvalue weighted by atomic mass is 10.0. The molecule has 6 atom stereocenters. The topological polar surface area (TPSA) is 293 Å². The van der Waals surface area contributed by atoms with Crippen LogP contribution in [0.2, 0.25) is 0 Å². The summed E-state index contributed by atoms with van der Waals surface area (Å²) >= 11 is 0. The minimum Gasteiger partial charge on any atom is -0.354 e. The van der Waals surface area contributed by atoms with Crippen molar-refractivity contribution in [2.45, 2.75) is 127 Å². The summed E-state index contributed by atoms with van der Waals surface area (Å²) in [6.07, 6.45) is 6.86. The van der Waals surface area contributed by atoms with E-state index in [1.807, 2.05) is 147 Å². The van der Waals surface area contributed by atoms with Crippen LogP contribution in [0, 0.1) is 0 Å². The fourth-order valence-corrected chi connectivity index (χ4v) is 12.7. The number of rotatable bonds is 28. The molecular weight excluding hydrogens is 1180 g/mol. The van der Waals surface area contributed by atoms with E-state index in [4.69, 9.17) is 21.4 Å². The van der Waals surface area contributed by atoms with Gasteiger partial charge in [-0.15, -0.1) is 0 Å². The molecule has 20 nitrogen and oxygen atoms in total. The van der Waals surface area contributed by atoms with Crippen LogP contribution in [0.25, 0.3) is 43.4 Å². The van der Waals surface area contributed by atoms with Gasteiger partial charge in [0, 0.05) is 49.8 Å². The minimum absolute atomic E-state index is 0.120. The summed E-state index contributed by atoms with van der Waals surface area (Å²) in [6, 6.07) is 39.3. The summed E-state index contributed by atoms with van der Waals surface area (Å²) in [6.45, 7) is 5.52. The van der Waals surface area contributed by atoms with Crippen molar-refractivity contribution in [2.24, 2.45) is 11.5 Å². The van der Waals surface area contributed by atoms with E-state index in [2.05, 4.69) is 31.9 Å². The number of hydrogen-bond donors (Lipinski definition) is 8. The maximum Gasteiger partial charge on any atom is 0.253 e. The maximum atomic E-state index is 15.3. The van der Waals surface area contributed by atoms with Crippen molar-refractivity contribution in [3.63, 3.8) is 0 Å². The molecule has 488 valence electrons. The molecule has 10 N–H and O–H groups in total. The van der Waals surface area contributed by atoms with Gasteiger partial charge in [0.2, 0.25) is 35.4 Å². The predicted molar refractivity (Wildman–Crippen MR) is 365 cm³/mol. The standard InChI is InChI=1S/C74H84N12O8/c1-3-57-55(43-53-41-49-25-11-13-27-51(49)45-61(53)79-57)67(87)81-59(73(93)85-37-17-31-65(85)71(91)83-63(69(89)77-35-19-33-75)39-47-21-7-5-8-22-47)29-15-16-30-60(82-68(88)56-44-54-42-50-26-12-14-28-52(50)46-62(54)80-58(56)4-2)74(94)86-38-18-32-66(86)72(92)84-64(70(90)78-36-20-34-76)40-48-23-9-6-10-24-48/h5-16,21-28,41-46,59-60,63-66H,3-4,17-20,29-40,75-76H2,1-2H3,(H,77,89)(H,78,90)(H,81,87)(H,82,88)(H,83,91)(H,84,92)/b16-15-/t59-,60-,63-,64-,65-,66-/m0/s1. The first-order valence-electron chi connectivity index (χ1n) is 32.9. The Kier molecular flexibility index (Phi) is 22.9. The SMILES string of the molecule is CCc1nc2cc3ccccc3cc2cc1C(=O)N[C@@H](C/C=C\C[C@H](NC(=O)c1cc2cc3ccccc3cc2nc1CC)C(=O)N1CCC[C@H]1C(=O)N[C@@H](Cc1ccccc1)C(=O)NCCCN)C(=O)N1CCC[C@H]1C(=O)N[C@@H](Cc1ccccc1)C(=O)NCCCN. The van der Waals surface area contributed by atoms with E-state index in [-0.39, 0.29) is 49.9 Å². The third-order valence-electron chi connectivity index (χ3n) is 17.7. The van der Waals surface area contributed by atoms with Crippen LogP contribution in [-0.2, 0) is 54.5 Å². The van der Waals surface area contributed by atoms with Gasteiger partial charge in [-0.2, -0.15) is 0 Å². The highest BCUT2D eigenvalue weighted by atomic mass is 16.2. The molecule has 2 aliphatic heterocycles. The van der Waals surface area contributed by atoms with Crippen LogP contribution in [0.1, 0.15) is 108 Å². The van der Waals surface area contributed by atoms with Crippen molar-refractivity contribution in [3.05, 3.63) is 191 Å². The number of nitrogens with two attached hydrogens (primary N) is 2. The second kappa shape index (κ2) is 32.1. The second-order valence-electron chi connectivity index (χ2n) is 24.2. The van der Waals surface area contributed by atoms with Crippen molar-refractivity contribution in [1.82, 2.24) is 51.7 Å². The molecule has 10 rings (SSSR count). The van der Waals surface area contributed by atoms with E-state index in [1.54, 1.807) is 24.3 Å². The van der Waals surface area contributed by atoms with Gasteiger partial charge < -0.3 is 53.2 Å². The largest absolute Gasteiger partial charge is 0.354 e. The predicted octanol–water partition coefficient (Wildman–Crippen LogP) is 6.81. The van der Waals surface area contributed by atoms with Crippen molar-refractivity contribution in [1.29, 1.82) is 0 Å². The monoisotopic (exact) mass is 1270 g/mol. The highest BCUT2D eigenvalue weighted by Crippen LogP contribution is 2.28. The number of amides is 8. The molecule has 8 aromatic rings. The van der Waals surface area contributed by atoms with E-state index in [0.717, 1.165) is 43.4 Å². The van der Waals surface area contributed by atoms with Gasteiger partial charge >= 0.3 is 0 Å². The number of carbonyl (C=O) groups excluding carboxylic acids is 8. The molecule has 4 heterocycles. The fourth-order valence-electron chi connectivity index (χ4n) is 12.7. The molecular formula is C74H84N12O8. The number of aromatic nitrogens is 2. The molecule has 2 saturated heterocycles. The van der Waals surface area contributed by atoms with E-state index in [1.165, 1.54) is 9.80 Å². The van der Waals surface area contributed by atoms with Gasteiger partial charge in [-0.25, -0.2) is 0 Å². The third-order valence-corrected chi connectivity index (χ3v) is 17.7. The molecule has 0 aliphatic carbocycles. The molecule has 0 radical (unpaired) electrons. The number of likely N-dealkylation sites (tertiary alicyclic amines) is 2. The fraction of sp³-hybridized carbons (Fsp3) is 0.351. The Balaban J connectivity index is 0.955. The lowest BCUT2D eigenvalue weighted by molar-refractivity contribution is -0.140. The van der Waals surface area contributed by atoms with Crippen LogP contribution in [-0.4, -0.2) is 143 Å². The Morgan fingerprint density at radius 1 is 0.479 bits per heavy atom. The van der Waals surface area contributed by atoms with Crippen LogP contribution in [0.4, 0.5) is 0 Å². The Morgan fingerprint density at radius 2 is 0.851 bits per heavy atom. The molecule has 20 heteroatoms. The number of nitrogens with zero attached hydrogens (tertiary/aromatic N) is 4. The molecule has 2 fully saturated rings. The molecule has 8 amide bonds. The number of carbonyl (C=O) groups is 8. The van der Waals surface area contributed by atoms with Gasteiger partial charge in [0.15, 0.2) is 0 Å². The first kappa shape index (κ1) is 67.0. The first-order chi connectivity index (χ1) is 45.7. The average Bonchev–Trinajstić information content (AvgIpc) is 0.988. The van der Waals surface area contributed by atoms with Crippen LogP contribution >= 0.6 is 0 Å². The Labute approximate surface area is 547 Å². The third kappa shape index (κ3) is 16.5. The molecule has 94 heavy (non-hydrogen) atoms. The van der Waals surface area contributed by atoms with Gasteiger partial charge in [-0.3, -0.25) is 48.3 Å². The highest BCUT2D eigenvalue weighted by molar-refractivity contribution is 6.06. The summed E-state index contributed by atoms with van der Waals surface area (Å²) < 4.78 is 0. The Bertz CT molecular complexity index is 3830. The number of aryl methyl sites for hydroxylation is 2. The zero-order valence-electron chi connectivity index (χ0n) is 53.4. The molecule has 0 bridgehead atoms. The Morgan fingerprint density at radius 3 is 1.22 bits per heavy atom. The molecule has 0 spiro atoms. The summed E-state index contributed by atoms with van der Waals surface area (Å²) in [4.78, 5) is 130. The van der Waals surface area contributed by atoms with Gasteiger partial charge in [0.25, 0.3) is 11.8 Å². The van der Waals surface area contributed by atoms with E-state index >= 15 is 9.59 Å². The van der Waals surface area contributed by atoms with Gasteiger partial charge in [-0.1, -0.05) is 135 Å². The Hall–Kier alpha value is -9.92. The smallest absolute Gasteiger partial charge is 0.253 e. The summed E-state index contributed by atoms with van der Waals surface area (Å²) in [5.74, 6) is -4.05. The van der Waals surface area contributed by atoms with E-state index < -0.39 is 83.5 Å². The van der Waals surface area contributed by atoms with Crippen molar-refractivity contribution in [3.8, 4) is 0 Å². The van der Waals surface area contributed by atoms with Crippen LogP contribution < -0.4 is 43.4 Å². The van der Waals surface area contributed by atoms with Crippen molar-refractivity contribution in [2.75, 3.05) is 39.3 Å². The normalized spacial score (nSPS) is 16.0. The number of nitrogens with one attached hydrogen (secondary N) is 6. The molecule has 2 aromatic heterocycles. The minimum atomic E-state index is -1.27. The van der Waals surface area contributed by atoms with Gasteiger partial charge in [0.05, 0.1) is 33.5 Å². The zero-order valence-corrected chi connectivity index (χ0v) is 53.4. The molecule has 0 saturated carbocycles. The van der Waals surface area contributed by atoms with Gasteiger partial charge in [-0.05, 0) is 146 Å². The maximum absolute atomic E-state index is 15.3. The number of benzene rings is 6. The van der Waals surface area contributed by atoms with E-state index in [9.17, 15) is 28.8 Å². The second-order valence-corrected chi connectivity index (χ2v) is 24.2.